The maximum absolute atomic E-state index is 12.0. The highest BCUT2D eigenvalue weighted by Gasteiger charge is 2.14. The number of hydrogen-bond donors (Lipinski definition) is 0. The minimum Gasteiger partial charge on any atom is -0.294 e. The number of hydrogen-bond acceptors (Lipinski definition) is 4. The van der Waals surface area contributed by atoms with Gasteiger partial charge in [-0.2, -0.15) is 4.80 Å². The van der Waals surface area contributed by atoms with Gasteiger partial charge in [0, 0.05) is 10.0 Å². The molecule has 5 nitrogen and oxygen atoms in total. The first-order valence-corrected chi connectivity index (χ1v) is 5.88. The number of rotatable bonds is 3. The number of ketones is 1. The summed E-state index contributed by atoms with van der Waals surface area (Å²) in [4.78, 5) is 13.4. The van der Waals surface area contributed by atoms with Crippen LogP contribution in [0.25, 0.3) is 0 Å². The Balaban J connectivity index is 2.23. The molecule has 1 aromatic heterocycles. The molecule has 1 aromatic carbocycles. The topological polar surface area (TPSA) is 60.7 Å². The van der Waals surface area contributed by atoms with Crippen LogP contribution in [0.4, 0.5) is 0 Å². The van der Waals surface area contributed by atoms with Gasteiger partial charge < -0.3 is 0 Å². The molecule has 0 radical (unpaired) electrons. The summed E-state index contributed by atoms with van der Waals surface area (Å²) in [6.07, 6.45) is 0.163. The molecule has 2 rings (SSSR count). The van der Waals surface area contributed by atoms with Gasteiger partial charge in [-0.3, -0.25) is 4.79 Å². The molecule has 6 heteroatoms. The first-order valence-electron chi connectivity index (χ1n) is 5.09. The van der Waals surface area contributed by atoms with E-state index in [1.54, 1.807) is 13.1 Å². The summed E-state index contributed by atoms with van der Waals surface area (Å²) in [6, 6.07) is 5.59. The average molecular weight is 295 g/mol. The van der Waals surface area contributed by atoms with Gasteiger partial charge in [0.1, 0.15) is 0 Å². The molecular formula is C11H11BrN4O. The first kappa shape index (κ1) is 11.9. The summed E-state index contributed by atoms with van der Waals surface area (Å²) in [7, 11) is 1.67. The highest BCUT2D eigenvalue weighted by Crippen LogP contribution is 2.22. The van der Waals surface area contributed by atoms with Crippen molar-refractivity contribution in [2.45, 2.75) is 13.3 Å². The van der Waals surface area contributed by atoms with Crippen LogP contribution in [0.5, 0.6) is 0 Å². The van der Waals surface area contributed by atoms with Gasteiger partial charge in [-0.05, 0) is 33.6 Å². The summed E-state index contributed by atoms with van der Waals surface area (Å²) in [5, 5.41) is 11.5. The van der Waals surface area contributed by atoms with Crippen molar-refractivity contribution < 1.29 is 4.79 Å². The molecule has 88 valence electrons. The van der Waals surface area contributed by atoms with E-state index >= 15 is 0 Å². The Hall–Kier alpha value is -1.56. The molecule has 17 heavy (non-hydrogen) atoms. The lowest BCUT2D eigenvalue weighted by atomic mass is 10.1. The van der Waals surface area contributed by atoms with E-state index in [1.165, 1.54) is 4.80 Å². The number of carbonyl (C=O) groups is 1. The van der Waals surface area contributed by atoms with Gasteiger partial charge in [-0.1, -0.05) is 18.2 Å². The van der Waals surface area contributed by atoms with Crippen LogP contribution in [-0.4, -0.2) is 26.0 Å². The number of aromatic nitrogens is 4. The van der Waals surface area contributed by atoms with E-state index in [1.807, 2.05) is 19.1 Å². The molecule has 0 fully saturated rings. The molecular weight excluding hydrogens is 284 g/mol. The minimum absolute atomic E-state index is 0.0198. The fraction of sp³-hybridized carbons (Fsp3) is 0.273. The molecule has 0 spiro atoms. The molecule has 0 aliphatic heterocycles. The Labute approximate surface area is 107 Å². The van der Waals surface area contributed by atoms with Crippen LogP contribution in [0.1, 0.15) is 21.7 Å². The zero-order chi connectivity index (χ0) is 12.4. The van der Waals surface area contributed by atoms with Crippen LogP contribution < -0.4 is 0 Å². The second-order valence-corrected chi connectivity index (χ2v) is 4.52. The highest BCUT2D eigenvalue weighted by atomic mass is 79.9. The molecule has 0 atom stereocenters. The zero-order valence-corrected chi connectivity index (χ0v) is 11.1. The molecule has 0 amide bonds. The van der Waals surface area contributed by atoms with E-state index in [0.717, 1.165) is 10.0 Å². The summed E-state index contributed by atoms with van der Waals surface area (Å²) >= 11 is 3.42. The van der Waals surface area contributed by atoms with E-state index in [4.69, 9.17) is 0 Å². The van der Waals surface area contributed by atoms with Crippen molar-refractivity contribution in [1.82, 2.24) is 20.2 Å². The number of carbonyl (C=O) groups excluding carboxylic acids is 1. The van der Waals surface area contributed by atoms with Crippen molar-refractivity contribution in [2.24, 2.45) is 7.05 Å². The number of benzene rings is 1. The van der Waals surface area contributed by atoms with Gasteiger partial charge in [0.2, 0.25) is 0 Å². The maximum Gasteiger partial charge on any atom is 0.182 e. The van der Waals surface area contributed by atoms with Gasteiger partial charge in [0.15, 0.2) is 11.6 Å². The van der Waals surface area contributed by atoms with E-state index in [2.05, 4.69) is 31.3 Å². The predicted octanol–water partition coefficient (Wildman–Crippen LogP) is 1.71. The smallest absolute Gasteiger partial charge is 0.182 e. The van der Waals surface area contributed by atoms with Crippen molar-refractivity contribution in [3.8, 4) is 0 Å². The van der Waals surface area contributed by atoms with Gasteiger partial charge in [0.25, 0.3) is 0 Å². The Morgan fingerprint density at radius 1 is 1.47 bits per heavy atom. The maximum atomic E-state index is 12.0. The molecule has 0 bridgehead atoms. The second kappa shape index (κ2) is 4.75. The third-order valence-electron chi connectivity index (χ3n) is 2.36. The summed E-state index contributed by atoms with van der Waals surface area (Å²) in [5.74, 6) is 0.416. The van der Waals surface area contributed by atoms with Crippen molar-refractivity contribution in [1.29, 1.82) is 0 Å². The first-order chi connectivity index (χ1) is 8.08. The summed E-state index contributed by atoms with van der Waals surface area (Å²) in [5.41, 5.74) is 1.68. The zero-order valence-electron chi connectivity index (χ0n) is 9.51. The predicted molar refractivity (Wildman–Crippen MR) is 65.7 cm³/mol. The summed E-state index contributed by atoms with van der Waals surface area (Å²) < 4.78 is 0.828. The monoisotopic (exact) mass is 294 g/mol. The lowest BCUT2D eigenvalue weighted by Crippen LogP contribution is -2.07. The molecule has 0 saturated carbocycles. The number of halogens is 1. The van der Waals surface area contributed by atoms with Crippen molar-refractivity contribution in [3.63, 3.8) is 0 Å². The van der Waals surface area contributed by atoms with E-state index < -0.39 is 0 Å². The van der Waals surface area contributed by atoms with Crippen LogP contribution in [0.2, 0.25) is 0 Å². The molecule has 0 aliphatic rings. The van der Waals surface area contributed by atoms with E-state index in [9.17, 15) is 4.79 Å². The highest BCUT2D eigenvalue weighted by molar-refractivity contribution is 9.10. The molecule has 1 heterocycles. The second-order valence-electron chi connectivity index (χ2n) is 3.73. The van der Waals surface area contributed by atoms with Gasteiger partial charge >= 0.3 is 0 Å². The van der Waals surface area contributed by atoms with Crippen LogP contribution in [0, 0.1) is 6.92 Å². The van der Waals surface area contributed by atoms with E-state index in [0.29, 0.717) is 11.4 Å². The standard InChI is InChI=1S/C11H11BrN4O/c1-7-4-3-5-8(11(7)12)9(17)6-10-13-15-16(2)14-10/h3-5H,6H2,1-2H3. The molecule has 0 N–H and O–H groups in total. The van der Waals surface area contributed by atoms with Crippen LogP contribution in [0.15, 0.2) is 22.7 Å². The molecule has 0 saturated heterocycles. The third kappa shape index (κ3) is 2.58. The fourth-order valence-corrected chi connectivity index (χ4v) is 1.98. The lowest BCUT2D eigenvalue weighted by Gasteiger charge is -2.04. The molecule has 0 aliphatic carbocycles. The van der Waals surface area contributed by atoms with Crippen molar-refractivity contribution >= 4 is 21.7 Å². The largest absolute Gasteiger partial charge is 0.294 e. The normalized spacial score (nSPS) is 10.5. The van der Waals surface area contributed by atoms with E-state index in [-0.39, 0.29) is 12.2 Å². The van der Waals surface area contributed by atoms with Gasteiger partial charge in [0.05, 0.1) is 13.5 Å². The fourth-order valence-electron chi connectivity index (χ4n) is 1.50. The Morgan fingerprint density at radius 3 is 2.88 bits per heavy atom. The Morgan fingerprint density at radius 2 is 2.24 bits per heavy atom. The number of aryl methyl sites for hydroxylation is 2. The molecule has 0 unspecified atom stereocenters. The Bertz CT molecular complexity index is 564. The van der Waals surface area contributed by atoms with Crippen LogP contribution >= 0.6 is 15.9 Å². The molecule has 2 aromatic rings. The Kier molecular flexibility index (Phi) is 3.33. The third-order valence-corrected chi connectivity index (χ3v) is 3.41. The lowest BCUT2D eigenvalue weighted by molar-refractivity contribution is 0.0990. The van der Waals surface area contributed by atoms with Crippen molar-refractivity contribution in [2.75, 3.05) is 0 Å². The minimum atomic E-state index is -0.0198. The summed E-state index contributed by atoms with van der Waals surface area (Å²) in [6.45, 7) is 1.95. The number of Topliss-reactive ketones (excluding diaryl/α,β-unsaturated/α-hetero) is 1. The number of tetrazole rings is 1. The van der Waals surface area contributed by atoms with Crippen molar-refractivity contribution in [3.05, 3.63) is 39.6 Å². The van der Waals surface area contributed by atoms with Gasteiger partial charge in [-0.15, -0.1) is 10.2 Å². The average Bonchev–Trinajstić information content (AvgIpc) is 2.68. The SMILES string of the molecule is Cc1cccc(C(=O)Cc2nnn(C)n2)c1Br. The number of nitrogens with zero attached hydrogens (tertiary/aromatic N) is 4. The van der Waals surface area contributed by atoms with Gasteiger partial charge in [-0.25, -0.2) is 0 Å². The van der Waals surface area contributed by atoms with Crippen LogP contribution in [-0.2, 0) is 13.5 Å². The van der Waals surface area contributed by atoms with Crippen LogP contribution in [0.3, 0.4) is 0 Å². The quantitative estimate of drug-likeness (QED) is 0.809.